The molecule has 0 bridgehead atoms. The first-order valence-electron chi connectivity index (χ1n) is 6.89. The Morgan fingerprint density at radius 2 is 2.11 bits per heavy atom. The van der Waals surface area contributed by atoms with Gasteiger partial charge in [-0.3, -0.25) is 0 Å². The van der Waals surface area contributed by atoms with Gasteiger partial charge in [-0.2, -0.15) is 0 Å². The minimum Gasteiger partial charge on any atom is -0.373 e. The largest absolute Gasteiger partial charge is 0.373 e. The monoisotopic (exact) mass is 251 g/mol. The molecule has 2 nitrogen and oxygen atoms in total. The van der Waals surface area contributed by atoms with Crippen molar-refractivity contribution in [3.63, 3.8) is 0 Å². The van der Waals surface area contributed by atoms with Crippen molar-refractivity contribution in [1.29, 1.82) is 0 Å². The Kier molecular flexibility index (Phi) is 5.14. The van der Waals surface area contributed by atoms with Crippen LogP contribution in [-0.4, -0.2) is 19.7 Å². The zero-order chi connectivity index (χ0) is 12.8. The molecule has 3 heteroatoms. The second-order valence-corrected chi connectivity index (χ2v) is 4.95. The lowest BCUT2D eigenvalue weighted by molar-refractivity contribution is -0.0277. The number of nitrogens with one attached hydrogen (secondary N) is 1. The number of halogens is 1. The van der Waals surface area contributed by atoms with Gasteiger partial charge < -0.3 is 10.1 Å². The molecule has 1 aliphatic rings. The van der Waals surface area contributed by atoms with Crippen molar-refractivity contribution in [2.45, 2.75) is 32.3 Å². The van der Waals surface area contributed by atoms with E-state index in [1.165, 1.54) is 18.6 Å². The third-order valence-electron chi connectivity index (χ3n) is 3.48. The second-order valence-electron chi connectivity index (χ2n) is 4.95. The van der Waals surface area contributed by atoms with E-state index in [2.05, 4.69) is 12.2 Å². The van der Waals surface area contributed by atoms with Crippen LogP contribution in [0.2, 0.25) is 0 Å². The van der Waals surface area contributed by atoms with Crippen LogP contribution in [0.3, 0.4) is 0 Å². The lowest BCUT2D eigenvalue weighted by atomic mass is 9.89. The van der Waals surface area contributed by atoms with E-state index in [-0.39, 0.29) is 11.9 Å². The van der Waals surface area contributed by atoms with Crippen molar-refractivity contribution in [2.75, 3.05) is 19.7 Å². The molecule has 0 aliphatic carbocycles. The fraction of sp³-hybridized carbons (Fsp3) is 0.600. The van der Waals surface area contributed by atoms with Crippen molar-refractivity contribution in [2.24, 2.45) is 5.92 Å². The van der Waals surface area contributed by atoms with Gasteiger partial charge >= 0.3 is 0 Å². The molecule has 1 heterocycles. The molecule has 1 aliphatic heterocycles. The zero-order valence-corrected chi connectivity index (χ0v) is 11.0. The van der Waals surface area contributed by atoms with Gasteiger partial charge in [-0.1, -0.05) is 19.1 Å². The van der Waals surface area contributed by atoms with Gasteiger partial charge in [0.05, 0.1) is 6.10 Å². The number of ether oxygens (including phenoxy) is 1. The van der Waals surface area contributed by atoms with Crippen LogP contribution < -0.4 is 5.32 Å². The molecule has 0 amide bonds. The Hall–Kier alpha value is -0.930. The Labute approximate surface area is 109 Å². The third kappa shape index (κ3) is 3.53. The van der Waals surface area contributed by atoms with Crippen LogP contribution in [0, 0.1) is 11.7 Å². The summed E-state index contributed by atoms with van der Waals surface area (Å²) in [4.78, 5) is 0. The summed E-state index contributed by atoms with van der Waals surface area (Å²) < 4.78 is 18.8. The fourth-order valence-electron chi connectivity index (χ4n) is 2.54. The van der Waals surface area contributed by atoms with Crippen LogP contribution in [-0.2, 0) is 4.74 Å². The molecule has 1 N–H and O–H groups in total. The minimum absolute atomic E-state index is 0.115. The van der Waals surface area contributed by atoms with Crippen molar-refractivity contribution in [3.8, 4) is 0 Å². The van der Waals surface area contributed by atoms with Crippen LogP contribution >= 0.6 is 0 Å². The summed E-state index contributed by atoms with van der Waals surface area (Å²) in [6, 6.07) is 6.73. The first-order chi connectivity index (χ1) is 8.81. The van der Waals surface area contributed by atoms with Crippen LogP contribution in [0.25, 0.3) is 0 Å². The molecule has 2 atom stereocenters. The maximum atomic E-state index is 12.9. The summed E-state index contributed by atoms with van der Waals surface area (Å²) in [5.74, 6) is 0.311. The van der Waals surface area contributed by atoms with E-state index in [9.17, 15) is 4.39 Å². The van der Waals surface area contributed by atoms with Gasteiger partial charge in [0.2, 0.25) is 0 Å². The maximum Gasteiger partial charge on any atom is 0.123 e. The van der Waals surface area contributed by atoms with Crippen molar-refractivity contribution in [1.82, 2.24) is 5.32 Å². The van der Waals surface area contributed by atoms with Gasteiger partial charge in [0, 0.05) is 19.1 Å². The van der Waals surface area contributed by atoms with E-state index in [0.717, 1.165) is 38.1 Å². The highest BCUT2D eigenvalue weighted by Gasteiger charge is 2.26. The van der Waals surface area contributed by atoms with Gasteiger partial charge in [-0.25, -0.2) is 4.39 Å². The van der Waals surface area contributed by atoms with E-state index in [4.69, 9.17) is 4.74 Å². The predicted octanol–water partition coefficient (Wildman–Crippen LogP) is 3.29. The van der Waals surface area contributed by atoms with Crippen molar-refractivity contribution < 1.29 is 9.13 Å². The van der Waals surface area contributed by atoms with E-state index >= 15 is 0 Å². The minimum atomic E-state index is -0.185. The third-order valence-corrected chi connectivity index (χ3v) is 3.48. The Morgan fingerprint density at radius 1 is 1.33 bits per heavy atom. The van der Waals surface area contributed by atoms with Gasteiger partial charge in [-0.05, 0) is 43.5 Å². The smallest absolute Gasteiger partial charge is 0.123 e. The molecule has 0 spiro atoms. The molecule has 0 aromatic heterocycles. The first kappa shape index (κ1) is 13.5. The van der Waals surface area contributed by atoms with Gasteiger partial charge in [0.25, 0.3) is 0 Å². The topological polar surface area (TPSA) is 21.3 Å². The standard InChI is InChI=1S/C15H22FNO/c1-2-9-17-11-13-4-3-10-18-15(13)12-5-7-14(16)8-6-12/h5-8,13,15,17H,2-4,9-11H2,1H3. The predicted molar refractivity (Wildman–Crippen MR) is 71.0 cm³/mol. The number of hydrogen-bond acceptors (Lipinski definition) is 2. The van der Waals surface area contributed by atoms with E-state index < -0.39 is 0 Å². The zero-order valence-electron chi connectivity index (χ0n) is 11.0. The lowest BCUT2D eigenvalue weighted by Gasteiger charge is -2.32. The van der Waals surface area contributed by atoms with Crippen LogP contribution in [0.5, 0.6) is 0 Å². The van der Waals surface area contributed by atoms with Crippen LogP contribution in [0.15, 0.2) is 24.3 Å². The Bertz CT molecular complexity index is 352. The average molecular weight is 251 g/mol. The molecule has 1 saturated heterocycles. The molecule has 1 aromatic rings. The summed E-state index contributed by atoms with van der Waals surface area (Å²) in [7, 11) is 0. The van der Waals surface area contributed by atoms with E-state index in [0.29, 0.717) is 5.92 Å². The first-order valence-corrected chi connectivity index (χ1v) is 6.89. The molecule has 1 fully saturated rings. The van der Waals surface area contributed by atoms with Crippen LogP contribution in [0.4, 0.5) is 4.39 Å². The highest BCUT2D eigenvalue weighted by Crippen LogP contribution is 2.33. The highest BCUT2D eigenvalue weighted by atomic mass is 19.1. The maximum absolute atomic E-state index is 12.9. The van der Waals surface area contributed by atoms with Gasteiger partial charge in [-0.15, -0.1) is 0 Å². The number of hydrogen-bond donors (Lipinski definition) is 1. The normalized spacial score (nSPS) is 24.1. The molecule has 18 heavy (non-hydrogen) atoms. The molecule has 1 aromatic carbocycles. The number of benzene rings is 1. The summed E-state index contributed by atoms with van der Waals surface area (Å²) >= 11 is 0. The second kappa shape index (κ2) is 6.86. The number of rotatable bonds is 5. The highest BCUT2D eigenvalue weighted by molar-refractivity contribution is 5.20. The van der Waals surface area contributed by atoms with Crippen molar-refractivity contribution in [3.05, 3.63) is 35.6 Å². The van der Waals surface area contributed by atoms with Crippen LogP contribution in [0.1, 0.15) is 37.9 Å². The van der Waals surface area contributed by atoms with Gasteiger partial charge in [0.15, 0.2) is 0 Å². The Morgan fingerprint density at radius 3 is 2.83 bits per heavy atom. The molecular weight excluding hydrogens is 229 g/mol. The van der Waals surface area contributed by atoms with Crippen molar-refractivity contribution >= 4 is 0 Å². The quantitative estimate of drug-likeness (QED) is 0.811. The summed E-state index contributed by atoms with van der Waals surface area (Å²) in [5.41, 5.74) is 1.10. The van der Waals surface area contributed by atoms with E-state index in [1.54, 1.807) is 0 Å². The summed E-state index contributed by atoms with van der Waals surface area (Å²) in [6.45, 7) is 5.01. The molecule has 2 rings (SSSR count). The SMILES string of the molecule is CCCNCC1CCCOC1c1ccc(F)cc1. The molecule has 100 valence electrons. The average Bonchev–Trinajstić information content (AvgIpc) is 2.41. The molecular formula is C15H22FNO. The molecule has 2 unspecified atom stereocenters. The molecule has 0 saturated carbocycles. The fourth-order valence-corrected chi connectivity index (χ4v) is 2.54. The van der Waals surface area contributed by atoms with Gasteiger partial charge in [0.1, 0.15) is 5.82 Å². The molecule has 0 radical (unpaired) electrons. The summed E-state index contributed by atoms with van der Waals surface area (Å²) in [6.07, 6.45) is 3.56. The lowest BCUT2D eigenvalue weighted by Crippen LogP contribution is -2.32. The Balaban J connectivity index is 2.00. The summed E-state index contributed by atoms with van der Waals surface area (Å²) in [5, 5.41) is 3.46. The van der Waals surface area contributed by atoms with E-state index in [1.807, 2.05) is 12.1 Å².